The van der Waals surface area contributed by atoms with Crippen LogP contribution in [0.4, 0.5) is 0 Å². The van der Waals surface area contributed by atoms with Gasteiger partial charge < -0.3 is 14.2 Å². The Hall–Kier alpha value is -3.34. The van der Waals surface area contributed by atoms with E-state index in [1.807, 2.05) is 67.6 Å². The van der Waals surface area contributed by atoms with Gasteiger partial charge in [-0.05, 0) is 48.4 Å². The van der Waals surface area contributed by atoms with Gasteiger partial charge in [-0.2, -0.15) is 0 Å². The van der Waals surface area contributed by atoms with Crippen molar-refractivity contribution in [1.29, 1.82) is 0 Å². The fraction of sp³-hybridized carbons (Fsp3) is 0.379. The Morgan fingerprint density at radius 2 is 1.59 bits per heavy atom. The number of furan rings is 1. The van der Waals surface area contributed by atoms with E-state index < -0.39 is 0 Å². The van der Waals surface area contributed by atoms with Crippen LogP contribution in [0.15, 0.2) is 77.2 Å². The topological polar surface area (TPSA) is 53.8 Å². The van der Waals surface area contributed by atoms with Crippen LogP contribution in [0.3, 0.4) is 0 Å². The summed E-state index contributed by atoms with van der Waals surface area (Å²) >= 11 is 0. The molecule has 0 radical (unpaired) electrons. The molecular weight excluding hydrogens is 424 g/mol. The van der Waals surface area contributed by atoms with E-state index >= 15 is 0 Å². The first kappa shape index (κ1) is 23.8. The summed E-state index contributed by atoms with van der Waals surface area (Å²) in [6.45, 7) is 7.57. The second kappa shape index (κ2) is 10.7. The molecule has 2 amide bonds. The predicted molar refractivity (Wildman–Crippen MR) is 133 cm³/mol. The maximum absolute atomic E-state index is 13.5. The lowest BCUT2D eigenvalue weighted by atomic mass is 10.1. The number of hydrogen-bond donors (Lipinski definition) is 0. The first-order chi connectivity index (χ1) is 16.4. The molecular formula is C29H34N2O3. The summed E-state index contributed by atoms with van der Waals surface area (Å²) in [4.78, 5) is 30.5. The monoisotopic (exact) mass is 458 g/mol. The Balaban J connectivity index is 1.48. The first-order valence-corrected chi connectivity index (χ1v) is 12.1. The summed E-state index contributed by atoms with van der Waals surface area (Å²) in [7, 11) is 0. The third kappa shape index (κ3) is 6.16. The Morgan fingerprint density at radius 3 is 2.21 bits per heavy atom. The number of hydrogen-bond acceptors (Lipinski definition) is 3. The molecule has 5 nitrogen and oxygen atoms in total. The fourth-order valence-corrected chi connectivity index (χ4v) is 4.50. The molecule has 1 heterocycles. The third-order valence-electron chi connectivity index (χ3n) is 6.27. The van der Waals surface area contributed by atoms with Gasteiger partial charge in [0.25, 0.3) is 0 Å². The van der Waals surface area contributed by atoms with Crippen molar-refractivity contribution in [2.75, 3.05) is 13.1 Å². The normalized spacial score (nSPS) is 16.9. The summed E-state index contributed by atoms with van der Waals surface area (Å²) in [6.07, 6.45) is 0.852. The molecule has 2 atom stereocenters. The average Bonchev–Trinajstić information content (AvgIpc) is 3.53. The van der Waals surface area contributed by atoms with E-state index in [-0.39, 0.29) is 36.1 Å². The van der Waals surface area contributed by atoms with Gasteiger partial charge in [0.15, 0.2) is 0 Å². The largest absolute Gasteiger partial charge is 0.464 e. The van der Waals surface area contributed by atoms with Crippen LogP contribution in [0.2, 0.25) is 0 Å². The van der Waals surface area contributed by atoms with Crippen molar-refractivity contribution in [2.45, 2.75) is 46.2 Å². The summed E-state index contributed by atoms with van der Waals surface area (Å²) in [5.41, 5.74) is 2.25. The van der Waals surface area contributed by atoms with Gasteiger partial charge in [-0.25, -0.2) is 0 Å². The lowest BCUT2D eigenvalue weighted by Crippen LogP contribution is -2.44. The fourth-order valence-electron chi connectivity index (χ4n) is 4.50. The molecule has 3 aromatic rings. The van der Waals surface area contributed by atoms with Crippen molar-refractivity contribution >= 4 is 11.8 Å². The summed E-state index contributed by atoms with van der Waals surface area (Å²) < 4.78 is 5.76. The van der Waals surface area contributed by atoms with Crippen molar-refractivity contribution < 1.29 is 14.0 Å². The molecule has 1 saturated carbocycles. The zero-order valence-electron chi connectivity index (χ0n) is 20.3. The lowest BCUT2D eigenvalue weighted by molar-refractivity contribution is -0.142. The molecule has 1 unspecified atom stereocenters. The highest BCUT2D eigenvalue weighted by Gasteiger charge is 2.46. The number of carbonyl (C=O) groups excluding carboxylic acids is 2. The van der Waals surface area contributed by atoms with Gasteiger partial charge in [0.1, 0.15) is 11.5 Å². The van der Waals surface area contributed by atoms with Crippen LogP contribution in [-0.4, -0.2) is 34.7 Å². The standard InChI is InChI=1S/C29H34N2O3/c1-21(2)17-31(29(33)27-16-26(27)24-12-8-5-9-13-24)20-28(32)30(18-23-10-6-4-7-11-23)19-25-15-14-22(3)34-25/h4-15,21,26-27H,16-20H2,1-3H3/t26-,27?/m0/s1. The van der Waals surface area contributed by atoms with Crippen LogP contribution < -0.4 is 0 Å². The molecule has 5 heteroatoms. The van der Waals surface area contributed by atoms with Crippen LogP contribution in [0, 0.1) is 18.8 Å². The number of rotatable bonds is 10. The highest BCUT2D eigenvalue weighted by Crippen LogP contribution is 2.48. The molecule has 0 saturated heterocycles. The summed E-state index contributed by atoms with van der Waals surface area (Å²) in [6, 6.07) is 24.0. The molecule has 1 fully saturated rings. The molecule has 1 aliphatic rings. The van der Waals surface area contributed by atoms with Crippen LogP contribution in [0.5, 0.6) is 0 Å². The number of benzene rings is 2. The Bertz CT molecular complexity index is 1090. The van der Waals surface area contributed by atoms with Crippen molar-refractivity contribution in [1.82, 2.24) is 9.80 Å². The lowest BCUT2D eigenvalue weighted by Gasteiger charge is -2.29. The third-order valence-corrected chi connectivity index (χ3v) is 6.27. The van der Waals surface area contributed by atoms with Gasteiger partial charge in [0, 0.05) is 19.0 Å². The first-order valence-electron chi connectivity index (χ1n) is 12.1. The molecule has 178 valence electrons. The van der Waals surface area contributed by atoms with Crippen molar-refractivity contribution in [3.05, 3.63) is 95.4 Å². The Labute approximate surface area is 202 Å². The van der Waals surface area contributed by atoms with Gasteiger partial charge in [0.2, 0.25) is 11.8 Å². The van der Waals surface area contributed by atoms with Gasteiger partial charge in [-0.15, -0.1) is 0 Å². The minimum Gasteiger partial charge on any atom is -0.464 e. The number of carbonyl (C=O) groups is 2. The SMILES string of the molecule is Cc1ccc(CN(Cc2ccccc2)C(=O)CN(CC(C)C)C(=O)C2C[C@H]2c2ccccc2)o1. The van der Waals surface area contributed by atoms with Crippen molar-refractivity contribution in [3.8, 4) is 0 Å². The van der Waals surface area contributed by atoms with Gasteiger partial charge in [-0.3, -0.25) is 9.59 Å². The number of amides is 2. The van der Waals surface area contributed by atoms with Gasteiger partial charge >= 0.3 is 0 Å². The molecule has 0 N–H and O–H groups in total. The molecule has 0 aliphatic heterocycles. The maximum atomic E-state index is 13.5. The molecule has 2 aromatic carbocycles. The molecule has 0 bridgehead atoms. The van der Waals surface area contributed by atoms with Crippen LogP contribution in [-0.2, 0) is 22.7 Å². The van der Waals surface area contributed by atoms with E-state index in [1.54, 1.807) is 9.80 Å². The quantitative estimate of drug-likeness (QED) is 0.408. The second-order valence-corrected chi connectivity index (χ2v) is 9.72. The van der Waals surface area contributed by atoms with E-state index in [2.05, 4.69) is 26.0 Å². The van der Waals surface area contributed by atoms with Crippen molar-refractivity contribution in [3.63, 3.8) is 0 Å². The Morgan fingerprint density at radius 1 is 0.912 bits per heavy atom. The van der Waals surface area contributed by atoms with E-state index in [9.17, 15) is 9.59 Å². The molecule has 0 spiro atoms. The number of nitrogens with zero attached hydrogens (tertiary/aromatic N) is 2. The van der Waals surface area contributed by atoms with Crippen LogP contribution >= 0.6 is 0 Å². The zero-order valence-corrected chi connectivity index (χ0v) is 20.3. The molecule has 1 aromatic heterocycles. The molecule has 1 aliphatic carbocycles. The highest BCUT2D eigenvalue weighted by molar-refractivity contribution is 5.88. The van der Waals surface area contributed by atoms with E-state index in [4.69, 9.17) is 4.42 Å². The average molecular weight is 459 g/mol. The highest BCUT2D eigenvalue weighted by atomic mass is 16.3. The van der Waals surface area contributed by atoms with Gasteiger partial charge in [0.05, 0.1) is 13.1 Å². The zero-order chi connectivity index (χ0) is 24.1. The van der Waals surface area contributed by atoms with Crippen LogP contribution in [0.25, 0.3) is 0 Å². The van der Waals surface area contributed by atoms with Crippen LogP contribution in [0.1, 0.15) is 48.8 Å². The summed E-state index contributed by atoms with van der Waals surface area (Å²) in [5.74, 6) is 2.08. The van der Waals surface area contributed by atoms with E-state index in [0.717, 1.165) is 23.5 Å². The second-order valence-electron chi connectivity index (χ2n) is 9.72. The molecule has 4 rings (SSSR count). The smallest absolute Gasteiger partial charge is 0.242 e. The number of aryl methyl sites for hydroxylation is 1. The maximum Gasteiger partial charge on any atom is 0.242 e. The molecule has 34 heavy (non-hydrogen) atoms. The van der Waals surface area contributed by atoms with E-state index in [0.29, 0.717) is 19.6 Å². The predicted octanol–water partition coefficient (Wildman–Crippen LogP) is 5.41. The van der Waals surface area contributed by atoms with E-state index in [1.165, 1.54) is 5.56 Å². The minimum absolute atomic E-state index is 0.0377. The Kier molecular flexibility index (Phi) is 7.51. The summed E-state index contributed by atoms with van der Waals surface area (Å²) in [5, 5.41) is 0. The van der Waals surface area contributed by atoms with Gasteiger partial charge in [-0.1, -0.05) is 74.5 Å². The van der Waals surface area contributed by atoms with Crippen molar-refractivity contribution in [2.24, 2.45) is 11.8 Å². The minimum atomic E-state index is -0.0659.